The molecule has 1 unspecified atom stereocenters. The molecule has 0 aromatic heterocycles. The van der Waals surface area contributed by atoms with Crippen molar-refractivity contribution >= 4 is 0 Å². The van der Waals surface area contributed by atoms with Crippen LogP contribution in [0, 0.1) is 11.7 Å². The first-order chi connectivity index (χ1) is 9.21. The molecule has 108 valence electrons. The van der Waals surface area contributed by atoms with Crippen molar-refractivity contribution in [2.24, 2.45) is 11.7 Å². The molecule has 1 rings (SSSR count). The van der Waals surface area contributed by atoms with Gasteiger partial charge in [0.2, 0.25) is 0 Å². The van der Waals surface area contributed by atoms with Gasteiger partial charge in [-0.15, -0.1) is 0 Å². The van der Waals surface area contributed by atoms with Crippen LogP contribution in [0.1, 0.15) is 45.1 Å². The lowest BCUT2D eigenvalue weighted by Gasteiger charge is -2.17. The fourth-order valence-electron chi connectivity index (χ4n) is 2.15. The second kappa shape index (κ2) is 8.92. The summed E-state index contributed by atoms with van der Waals surface area (Å²) in [6.45, 7) is 5.61. The first-order valence-electron chi connectivity index (χ1n) is 7.32. The van der Waals surface area contributed by atoms with Crippen LogP contribution in [0.3, 0.4) is 0 Å². The molecule has 1 aromatic carbocycles. The fraction of sp³-hybridized carbons (Fsp3) is 0.625. The van der Waals surface area contributed by atoms with Crippen molar-refractivity contribution in [3.63, 3.8) is 0 Å². The van der Waals surface area contributed by atoms with Gasteiger partial charge in [-0.25, -0.2) is 4.39 Å². The third-order valence-corrected chi connectivity index (χ3v) is 3.45. The van der Waals surface area contributed by atoms with Crippen LogP contribution in [0.2, 0.25) is 0 Å². The molecule has 1 aromatic rings. The molecule has 3 heteroatoms. The minimum Gasteiger partial charge on any atom is -0.493 e. The number of benzene rings is 1. The van der Waals surface area contributed by atoms with Gasteiger partial charge in [0, 0.05) is 0 Å². The van der Waals surface area contributed by atoms with E-state index in [1.54, 1.807) is 6.07 Å². The molecule has 0 heterocycles. The van der Waals surface area contributed by atoms with E-state index in [0.29, 0.717) is 25.5 Å². The summed E-state index contributed by atoms with van der Waals surface area (Å²) in [4.78, 5) is 0. The zero-order chi connectivity index (χ0) is 14.1. The molecule has 0 aliphatic rings. The highest BCUT2D eigenvalue weighted by molar-refractivity contribution is 5.34. The third kappa shape index (κ3) is 5.60. The predicted octanol–water partition coefficient (Wildman–Crippen LogP) is 3.92. The van der Waals surface area contributed by atoms with Crippen LogP contribution in [0.15, 0.2) is 18.2 Å². The van der Waals surface area contributed by atoms with E-state index >= 15 is 0 Å². The van der Waals surface area contributed by atoms with Gasteiger partial charge in [-0.1, -0.05) is 33.1 Å². The van der Waals surface area contributed by atoms with Crippen LogP contribution in [-0.4, -0.2) is 13.2 Å². The molecule has 0 saturated carbocycles. The normalized spacial score (nSPS) is 12.4. The van der Waals surface area contributed by atoms with Crippen molar-refractivity contribution < 1.29 is 9.13 Å². The third-order valence-electron chi connectivity index (χ3n) is 3.45. The van der Waals surface area contributed by atoms with Crippen molar-refractivity contribution in [1.29, 1.82) is 0 Å². The Balaban J connectivity index is 2.60. The molecule has 2 nitrogen and oxygen atoms in total. The van der Waals surface area contributed by atoms with Crippen LogP contribution >= 0.6 is 0 Å². The number of unbranched alkanes of at least 4 members (excludes halogenated alkanes) is 1. The van der Waals surface area contributed by atoms with E-state index in [2.05, 4.69) is 13.8 Å². The van der Waals surface area contributed by atoms with Gasteiger partial charge in [0.1, 0.15) is 11.6 Å². The van der Waals surface area contributed by atoms with Crippen LogP contribution in [0.4, 0.5) is 4.39 Å². The molecular formula is C16H26FNO. The summed E-state index contributed by atoms with van der Waals surface area (Å²) in [7, 11) is 0. The monoisotopic (exact) mass is 267 g/mol. The summed E-state index contributed by atoms with van der Waals surface area (Å²) in [6, 6.07) is 4.68. The molecule has 0 radical (unpaired) electrons. The minimum atomic E-state index is -0.228. The maximum Gasteiger partial charge on any atom is 0.123 e. The summed E-state index contributed by atoms with van der Waals surface area (Å²) < 4.78 is 19.1. The highest BCUT2D eigenvalue weighted by Crippen LogP contribution is 2.22. The summed E-state index contributed by atoms with van der Waals surface area (Å²) >= 11 is 0. The lowest BCUT2D eigenvalue weighted by Crippen LogP contribution is -2.13. The average Bonchev–Trinajstić information content (AvgIpc) is 2.41. The van der Waals surface area contributed by atoms with Crippen molar-refractivity contribution in [2.45, 2.75) is 46.0 Å². The second-order valence-electron chi connectivity index (χ2n) is 5.02. The molecule has 0 amide bonds. The Labute approximate surface area is 116 Å². The molecular weight excluding hydrogens is 241 g/mol. The minimum absolute atomic E-state index is 0.228. The molecule has 0 fully saturated rings. The molecule has 2 N–H and O–H groups in total. The molecule has 19 heavy (non-hydrogen) atoms. The number of hydrogen-bond donors (Lipinski definition) is 1. The van der Waals surface area contributed by atoms with Gasteiger partial charge in [-0.3, -0.25) is 0 Å². The van der Waals surface area contributed by atoms with E-state index in [4.69, 9.17) is 10.5 Å². The van der Waals surface area contributed by atoms with Crippen LogP contribution in [0.5, 0.6) is 5.75 Å². The highest BCUT2D eigenvalue weighted by Gasteiger charge is 2.10. The summed E-state index contributed by atoms with van der Waals surface area (Å²) in [5.74, 6) is 1.13. The van der Waals surface area contributed by atoms with Crippen LogP contribution in [-0.2, 0) is 6.42 Å². The Kier molecular flexibility index (Phi) is 7.49. The zero-order valence-electron chi connectivity index (χ0n) is 12.1. The number of rotatable bonds is 9. The standard InChI is InChI=1S/C16H26FNO/c1-3-5-6-13(4-2)12-19-16-8-7-15(17)11-14(16)9-10-18/h7-8,11,13H,3-6,9-10,12,18H2,1-2H3. The quantitative estimate of drug-likeness (QED) is 0.736. The number of ether oxygens (including phenoxy) is 1. The Bertz CT molecular complexity index is 368. The predicted molar refractivity (Wildman–Crippen MR) is 78.0 cm³/mol. The highest BCUT2D eigenvalue weighted by atomic mass is 19.1. The summed E-state index contributed by atoms with van der Waals surface area (Å²) in [5, 5.41) is 0. The molecule has 0 aliphatic heterocycles. The van der Waals surface area contributed by atoms with Crippen molar-refractivity contribution in [1.82, 2.24) is 0 Å². The number of nitrogens with two attached hydrogens (primary N) is 1. The van der Waals surface area contributed by atoms with E-state index in [-0.39, 0.29) is 5.82 Å². The Morgan fingerprint density at radius 2 is 2.11 bits per heavy atom. The summed E-state index contributed by atoms with van der Waals surface area (Å²) in [5.41, 5.74) is 6.42. The van der Waals surface area contributed by atoms with Gasteiger partial charge in [0.05, 0.1) is 6.61 Å². The molecule has 0 saturated heterocycles. The largest absolute Gasteiger partial charge is 0.493 e. The van der Waals surface area contributed by atoms with Crippen molar-refractivity contribution in [3.05, 3.63) is 29.6 Å². The van der Waals surface area contributed by atoms with E-state index in [1.165, 1.54) is 31.4 Å². The van der Waals surface area contributed by atoms with Crippen molar-refractivity contribution in [2.75, 3.05) is 13.2 Å². The fourth-order valence-corrected chi connectivity index (χ4v) is 2.15. The van der Waals surface area contributed by atoms with Gasteiger partial charge in [0.25, 0.3) is 0 Å². The summed E-state index contributed by atoms with van der Waals surface area (Å²) in [6.07, 6.45) is 5.42. The van der Waals surface area contributed by atoms with E-state index in [1.807, 2.05) is 0 Å². The van der Waals surface area contributed by atoms with E-state index in [0.717, 1.165) is 17.7 Å². The Hall–Kier alpha value is -1.09. The smallest absolute Gasteiger partial charge is 0.123 e. The molecule has 0 aliphatic carbocycles. The maximum atomic E-state index is 13.2. The number of halogens is 1. The van der Waals surface area contributed by atoms with Gasteiger partial charge in [-0.2, -0.15) is 0 Å². The topological polar surface area (TPSA) is 35.2 Å². The second-order valence-corrected chi connectivity index (χ2v) is 5.02. The SMILES string of the molecule is CCCCC(CC)COc1ccc(F)cc1CCN. The molecule has 0 spiro atoms. The molecule has 1 atom stereocenters. The maximum absolute atomic E-state index is 13.2. The Morgan fingerprint density at radius 3 is 2.74 bits per heavy atom. The van der Waals surface area contributed by atoms with Gasteiger partial charge in [-0.05, 0) is 49.1 Å². The first-order valence-corrected chi connectivity index (χ1v) is 7.32. The molecule has 0 bridgehead atoms. The van der Waals surface area contributed by atoms with Gasteiger partial charge < -0.3 is 10.5 Å². The zero-order valence-corrected chi connectivity index (χ0v) is 12.1. The first kappa shape index (κ1) is 16.0. The van der Waals surface area contributed by atoms with Gasteiger partial charge in [0.15, 0.2) is 0 Å². The van der Waals surface area contributed by atoms with Crippen molar-refractivity contribution in [3.8, 4) is 5.75 Å². The van der Waals surface area contributed by atoms with Crippen LogP contribution < -0.4 is 10.5 Å². The lowest BCUT2D eigenvalue weighted by molar-refractivity contribution is 0.231. The lowest BCUT2D eigenvalue weighted by atomic mass is 10.0. The van der Waals surface area contributed by atoms with Crippen LogP contribution in [0.25, 0.3) is 0 Å². The van der Waals surface area contributed by atoms with E-state index < -0.39 is 0 Å². The van der Waals surface area contributed by atoms with Gasteiger partial charge >= 0.3 is 0 Å². The van der Waals surface area contributed by atoms with E-state index in [9.17, 15) is 4.39 Å². The Morgan fingerprint density at radius 1 is 1.32 bits per heavy atom. The average molecular weight is 267 g/mol. The number of hydrogen-bond acceptors (Lipinski definition) is 2.